The third-order valence-electron chi connectivity index (χ3n) is 2.89. The number of methoxy groups -OCH3 is 1. The SMILES string of the molecule is CCCCOCCCNCc1cc(Br)cc(Br)c1OC. The van der Waals surface area contributed by atoms with E-state index in [4.69, 9.17) is 9.47 Å². The first-order valence-electron chi connectivity index (χ1n) is 6.99. The van der Waals surface area contributed by atoms with Crippen LogP contribution >= 0.6 is 31.9 Å². The predicted octanol–water partition coefficient (Wildman–Crippen LogP) is 4.52. The molecule has 0 saturated heterocycles. The second kappa shape index (κ2) is 10.6. The molecule has 0 bridgehead atoms. The zero-order chi connectivity index (χ0) is 14.8. The Morgan fingerprint density at radius 2 is 1.90 bits per heavy atom. The summed E-state index contributed by atoms with van der Waals surface area (Å²) in [6.07, 6.45) is 3.37. The highest BCUT2D eigenvalue weighted by Gasteiger charge is 2.08. The van der Waals surface area contributed by atoms with Gasteiger partial charge < -0.3 is 14.8 Å². The molecule has 5 heteroatoms. The summed E-state index contributed by atoms with van der Waals surface area (Å²) >= 11 is 7.01. The number of ether oxygens (including phenoxy) is 2. The van der Waals surface area contributed by atoms with E-state index in [9.17, 15) is 0 Å². The number of unbranched alkanes of at least 4 members (excludes halogenated alkanes) is 1. The van der Waals surface area contributed by atoms with Gasteiger partial charge in [0, 0.05) is 29.8 Å². The Labute approximate surface area is 138 Å². The van der Waals surface area contributed by atoms with Gasteiger partial charge in [0.1, 0.15) is 5.75 Å². The monoisotopic (exact) mass is 407 g/mol. The largest absolute Gasteiger partial charge is 0.495 e. The van der Waals surface area contributed by atoms with Gasteiger partial charge in [0.2, 0.25) is 0 Å². The highest BCUT2D eigenvalue weighted by atomic mass is 79.9. The summed E-state index contributed by atoms with van der Waals surface area (Å²) in [5, 5.41) is 3.42. The van der Waals surface area contributed by atoms with Crippen LogP contribution in [0.3, 0.4) is 0 Å². The van der Waals surface area contributed by atoms with E-state index in [0.717, 1.165) is 59.4 Å². The first-order valence-corrected chi connectivity index (χ1v) is 8.58. The van der Waals surface area contributed by atoms with Crippen molar-refractivity contribution in [2.75, 3.05) is 26.9 Å². The van der Waals surface area contributed by atoms with Crippen LogP contribution in [-0.4, -0.2) is 26.9 Å². The molecular formula is C15H23Br2NO2. The zero-order valence-corrected chi connectivity index (χ0v) is 15.3. The minimum atomic E-state index is 0.788. The Morgan fingerprint density at radius 1 is 1.15 bits per heavy atom. The van der Waals surface area contributed by atoms with Gasteiger partial charge >= 0.3 is 0 Å². The summed E-state index contributed by atoms with van der Waals surface area (Å²) in [5.74, 6) is 0.889. The van der Waals surface area contributed by atoms with Gasteiger partial charge in [-0.3, -0.25) is 0 Å². The number of hydrogen-bond donors (Lipinski definition) is 1. The van der Waals surface area contributed by atoms with Crippen LogP contribution in [0.4, 0.5) is 0 Å². The lowest BCUT2D eigenvalue weighted by Gasteiger charge is -2.12. The van der Waals surface area contributed by atoms with Crippen molar-refractivity contribution in [1.82, 2.24) is 5.32 Å². The van der Waals surface area contributed by atoms with Crippen molar-refractivity contribution in [3.63, 3.8) is 0 Å². The minimum absolute atomic E-state index is 0.788. The molecule has 0 amide bonds. The first kappa shape index (κ1) is 18.0. The molecule has 0 spiro atoms. The number of benzene rings is 1. The highest BCUT2D eigenvalue weighted by molar-refractivity contribution is 9.11. The van der Waals surface area contributed by atoms with Gasteiger partial charge in [-0.25, -0.2) is 0 Å². The van der Waals surface area contributed by atoms with Crippen molar-refractivity contribution in [3.8, 4) is 5.75 Å². The smallest absolute Gasteiger partial charge is 0.137 e. The van der Waals surface area contributed by atoms with Crippen LogP contribution in [-0.2, 0) is 11.3 Å². The van der Waals surface area contributed by atoms with Crippen molar-refractivity contribution in [3.05, 3.63) is 26.6 Å². The predicted molar refractivity (Wildman–Crippen MR) is 90.4 cm³/mol. The maximum atomic E-state index is 5.53. The molecule has 1 rings (SSSR count). The summed E-state index contributed by atoms with van der Waals surface area (Å²) in [6.45, 7) is 5.61. The van der Waals surface area contributed by atoms with E-state index >= 15 is 0 Å². The van der Waals surface area contributed by atoms with Crippen LogP contribution < -0.4 is 10.1 Å². The molecule has 1 N–H and O–H groups in total. The normalized spacial score (nSPS) is 10.8. The molecule has 0 saturated carbocycles. The Kier molecular flexibility index (Phi) is 9.52. The van der Waals surface area contributed by atoms with E-state index in [-0.39, 0.29) is 0 Å². The highest BCUT2D eigenvalue weighted by Crippen LogP contribution is 2.32. The summed E-state index contributed by atoms with van der Waals surface area (Å²) < 4.78 is 13.0. The minimum Gasteiger partial charge on any atom is -0.495 e. The quantitative estimate of drug-likeness (QED) is 0.577. The van der Waals surface area contributed by atoms with Gasteiger partial charge in [-0.2, -0.15) is 0 Å². The van der Waals surface area contributed by atoms with Gasteiger partial charge in [0.15, 0.2) is 0 Å². The molecule has 0 heterocycles. The van der Waals surface area contributed by atoms with Crippen molar-refractivity contribution in [2.24, 2.45) is 0 Å². The average molecular weight is 409 g/mol. The van der Waals surface area contributed by atoms with Gasteiger partial charge in [-0.15, -0.1) is 0 Å². The van der Waals surface area contributed by atoms with Crippen molar-refractivity contribution in [2.45, 2.75) is 32.7 Å². The number of rotatable bonds is 10. The van der Waals surface area contributed by atoms with Gasteiger partial charge in [0.25, 0.3) is 0 Å². The lowest BCUT2D eigenvalue weighted by atomic mass is 10.2. The summed E-state index contributed by atoms with van der Waals surface area (Å²) in [6, 6.07) is 4.07. The number of hydrogen-bond acceptors (Lipinski definition) is 3. The molecular weight excluding hydrogens is 386 g/mol. The Bertz CT molecular complexity index is 400. The molecule has 0 atom stereocenters. The second-order valence-corrected chi connectivity index (χ2v) is 6.35. The number of halogens is 2. The Balaban J connectivity index is 2.28. The van der Waals surface area contributed by atoms with E-state index < -0.39 is 0 Å². The zero-order valence-electron chi connectivity index (χ0n) is 12.2. The van der Waals surface area contributed by atoms with Crippen LogP contribution in [0, 0.1) is 0 Å². The molecule has 1 aromatic rings. The maximum Gasteiger partial charge on any atom is 0.137 e. The van der Waals surface area contributed by atoms with Crippen LogP contribution in [0.15, 0.2) is 21.1 Å². The molecule has 1 aromatic carbocycles. The topological polar surface area (TPSA) is 30.5 Å². The fraction of sp³-hybridized carbons (Fsp3) is 0.600. The fourth-order valence-corrected chi connectivity index (χ4v) is 3.32. The maximum absolute atomic E-state index is 5.53. The standard InChI is InChI=1S/C15H23Br2NO2/c1-3-4-7-20-8-5-6-18-11-12-9-13(16)10-14(17)15(12)19-2/h9-10,18H,3-8,11H2,1-2H3. The molecule has 0 unspecified atom stereocenters. The van der Waals surface area contributed by atoms with Crippen LogP contribution in [0.2, 0.25) is 0 Å². The number of nitrogens with one attached hydrogen (secondary N) is 1. The van der Waals surface area contributed by atoms with Crippen molar-refractivity contribution < 1.29 is 9.47 Å². The molecule has 3 nitrogen and oxygen atoms in total. The second-order valence-electron chi connectivity index (χ2n) is 4.58. The van der Waals surface area contributed by atoms with Crippen LogP contribution in [0.25, 0.3) is 0 Å². The summed E-state index contributed by atoms with van der Waals surface area (Å²) in [5.41, 5.74) is 1.14. The summed E-state index contributed by atoms with van der Waals surface area (Å²) in [7, 11) is 1.69. The average Bonchev–Trinajstić information content (AvgIpc) is 2.41. The Morgan fingerprint density at radius 3 is 2.60 bits per heavy atom. The summed E-state index contributed by atoms with van der Waals surface area (Å²) in [4.78, 5) is 0. The third kappa shape index (κ3) is 6.57. The Hall–Kier alpha value is -0.100. The molecule has 0 radical (unpaired) electrons. The van der Waals surface area contributed by atoms with E-state index in [1.807, 2.05) is 6.07 Å². The van der Waals surface area contributed by atoms with Gasteiger partial charge in [0.05, 0.1) is 11.6 Å². The first-order chi connectivity index (χ1) is 9.69. The van der Waals surface area contributed by atoms with E-state index in [0.29, 0.717) is 0 Å². The molecule has 0 aliphatic carbocycles. The van der Waals surface area contributed by atoms with E-state index in [1.165, 1.54) is 6.42 Å². The lowest BCUT2D eigenvalue weighted by Crippen LogP contribution is -2.17. The molecule has 0 aliphatic rings. The van der Waals surface area contributed by atoms with Gasteiger partial charge in [-0.05, 0) is 47.4 Å². The van der Waals surface area contributed by atoms with Gasteiger partial charge in [-0.1, -0.05) is 29.3 Å². The van der Waals surface area contributed by atoms with Crippen molar-refractivity contribution in [1.29, 1.82) is 0 Å². The molecule has 0 fully saturated rings. The lowest BCUT2D eigenvalue weighted by molar-refractivity contribution is 0.128. The molecule has 114 valence electrons. The molecule has 20 heavy (non-hydrogen) atoms. The van der Waals surface area contributed by atoms with Crippen molar-refractivity contribution >= 4 is 31.9 Å². The fourth-order valence-electron chi connectivity index (χ4n) is 1.84. The van der Waals surface area contributed by atoms with Crippen LogP contribution in [0.1, 0.15) is 31.7 Å². The third-order valence-corrected chi connectivity index (χ3v) is 3.94. The molecule has 0 aliphatic heterocycles. The van der Waals surface area contributed by atoms with E-state index in [2.05, 4.69) is 50.2 Å². The molecule has 0 aromatic heterocycles. The van der Waals surface area contributed by atoms with E-state index in [1.54, 1.807) is 7.11 Å². The van der Waals surface area contributed by atoms with Crippen LogP contribution in [0.5, 0.6) is 5.75 Å².